The van der Waals surface area contributed by atoms with Gasteiger partial charge in [-0.15, -0.1) is 0 Å². The van der Waals surface area contributed by atoms with Gasteiger partial charge in [0.15, 0.2) is 0 Å². The number of nitrogens with two attached hydrogens (primary N) is 1. The highest BCUT2D eigenvalue weighted by molar-refractivity contribution is 6.30. The molecule has 0 bridgehead atoms. The minimum Gasteiger partial charge on any atom is -0.330 e. The first kappa shape index (κ1) is 14.0. The molecule has 0 spiro atoms. The van der Waals surface area contributed by atoms with E-state index in [9.17, 15) is 0 Å². The summed E-state index contributed by atoms with van der Waals surface area (Å²) < 4.78 is 1.92. The second-order valence-corrected chi connectivity index (χ2v) is 5.06. The molecule has 0 saturated carbocycles. The van der Waals surface area contributed by atoms with Crippen LogP contribution in [0.15, 0.2) is 30.6 Å². The smallest absolute Gasteiger partial charge is 0.138 e. The summed E-state index contributed by atoms with van der Waals surface area (Å²) in [5.74, 6) is 1.38. The van der Waals surface area contributed by atoms with Gasteiger partial charge in [0.05, 0.1) is 0 Å². The van der Waals surface area contributed by atoms with E-state index in [4.69, 9.17) is 17.3 Å². The number of rotatable bonds is 6. The van der Waals surface area contributed by atoms with Crippen LogP contribution in [-0.4, -0.2) is 21.3 Å². The molecule has 1 heterocycles. The summed E-state index contributed by atoms with van der Waals surface area (Å²) >= 11 is 5.89. The maximum atomic E-state index is 5.89. The van der Waals surface area contributed by atoms with Crippen LogP contribution in [0.2, 0.25) is 5.02 Å². The maximum absolute atomic E-state index is 5.89. The van der Waals surface area contributed by atoms with E-state index in [1.807, 2.05) is 16.8 Å². The fourth-order valence-corrected chi connectivity index (χ4v) is 2.29. The highest BCUT2D eigenvalue weighted by atomic mass is 35.5. The van der Waals surface area contributed by atoms with Gasteiger partial charge in [-0.05, 0) is 43.5 Å². The number of aryl methyl sites for hydroxylation is 1. The Labute approximate surface area is 118 Å². The maximum Gasteiger partial charge on any atom is 0.138 e. The second kappa shape index (κ2) is 6.68. The molecule has 5 heteroatoms. The molecule has 0 aliphatic rings. The third-order valence-electron chi connectivity index (χ3n) is 3.24. The topological polar surface area (TPSA) is 56.7 Å². The predicted molar refractivity (Wildman–Crippen MR) is 77.1 cm³/mol. The highest BCUT2D eigenvalue weighted by Crippen LogP contribution is 2.15. The van der Waals surface area contributed by atoms with Gasteiger partial charge < -0.3 is 5.73 Å². The first-order valence-corrected chi connectivity index (χ1v) is 6.92. The van der Waals surface area contributed by atoms with Crippen LogP contribution < -0.4 is 5.73 Å². The molecule has 2 rings (SSSR count). The molecule has 0 amide bonds. The summed E-state index contributed by atoms with van der Waals surface area (Å²) in [6.07, 6.45) is 3.39. The molecule has 102 valence electrons. The molecule has 0 aliphatic carbocycles. The molecular formula is C14H19ClN4. The Bertz CT molecular complexity index is 506. The number of nitrogens with zero attached hydrogens (tertiary/aromatic N) is 3. The molecule has 2 aromatic rings. The standard InChI is InChI=1S/C14H19ClN4/c1-2-19-14(17-10-18-19)8-12(9-16)7-11-3-5-13(15)6-4-11/h3-6,10,12H,2,7-9,16H2,1H3. The lowest BCUT2D eigenvalue weighted by Gasteiger charge is -2.14. The van der Waals surface area contributed by atoms with Crippen LogP contribution in [0.25, 0.3) is 0 Å². The lowest BCUT2D eigenvalue weighted by molar-refractivity contribution is 0.492. The van der Waals surface area contributed by atoms with Crippen molar-refractivity contribution in [1.29, 1.82) is 0 Å². The summed E-state index contributed by atoms with van der Waals surface area (Å²) in [6.45, 7) is 3.54. The van der Waals surface area contributed by atoms with Crippen LogP contribution in [0.5, 0.6) is 0 Å². The first-order chi connectivity index (χ1) is 9.22. The number of hydrogen-bond acceptors (Lipinski definition) is 3. The number of aromatic nitrogens is 3. The van der Waals surface area contributed by atoms with Gasteiger partial charge in [-0.1, -0.05) is 23.7 Å². The van der Waals surface area contributed by atoms with Crippen molar-refractivity contribution >= 4 is 11.6 Å². The fraction of sp³-hybridized carbons (Fsp3) is 0.429. The Hall–Kier alpha value is -1.39. The Morgan fingerprint density at radius 2 is 2.00 bits per heavy atom. The van der Waals surface area contributed by atoms with E-state index in [-0.39, 0.29) is 0 Å². The lowest BCUT2D eigenvalue weighted by Crippen LogP contribution is -2.21. The lowest BCUT2D eigenvalue weighted by atomic mass is 9.96. The van der Waals surface area contributed by atoms with E-state index >= 15 is 0 Å². The van der Waals surface area contributed by atoms with Gasteiger partial charge in [0.25, 0.3) is 0 Å². The first-order valence-electron chi connectivity index (χ1n) is 6.54. The van der Waals surface area contributed by atoms with Gasteiger partial charge >= 0.3 is 0 Å². The summed E-state index contributed by atoms with van der Waals surface area (Å²) in [4.78, 5) is 4.31. The quantitative estimate of drug-likeness (QED) is 0.882. The molecule has 0 fully saturated rings. The van der Waals surface area contributed by atoms with Crippen LogP contribution in [0.3, 0.4) is 0 Å². The molecule has 1 unspecified atom stereocenters. The average Bonchev–Trinajstić information content (AvgIpc) is 2.87. The zero-order valence-corrected chi connectivity index (χ0v) is 11.8. The van der Waals surface area contributed by atoms with Gasteiger partial charge in [0, 0.05) is 18.0 Å². The molecule has 0 aliphatic heterocycles. The second-order valence-electron chi connectivity index (χ2n) is 4.63. The number of hydrogen-bond donors (Lipinski definition) is 1. The average molecular weight is 279 g/mol. The van der Waals surface area contributed by atoms with E-state index in [1.54, 1.807) is 6.33 Å². The zero-order chi connectivity index (χ0) is 13.7. The van der Waals surface area contributed by atoms with E-state index in [0.717, 1.165) is 30.2 Å². The van der Waals surface area contributed by atoms with Crippen molar-refractivity contribution < 1.29 is 0 Å². The van der Waals surface area contributed by atoms with Gasteiger partial charge in [-0.2, -0.15) is 5.10 Å². The Morgan fingerprint density at radius 3 is 2.63 bits per heavy atom. The van der Waals surface area contributed by atoms with Crippen molar-refractivity contribution in [1.82, 2.24) is 14.8 Å². The summed E-state index contributed by atoms with van der Waals surface area (Å²) in [6, 6.07) is 7.93. The third kappa shape index (κ3) is 3.78. The normalized spacial score (nSPS) is 12.6. The van der Waals surface area contributed by atoms with Gasteiger partial charge in [0.2, 0.25) is 0 Å². The molecule has 1 aromatic heterocycles. The van der Waals surface area contributed by atoms with Crippen molar-refractivity contribution in [2.24, 2.45) is 11.7 Å². The van der Waals surface area contributed by atoms with Crippen LogP contribution in [0.4, 0.5) is 0 Å². The molecule has 1 aromatic carbocycles. The minimum atomic E-state index is 0.371. The van der Waals surface area contributed by atoms with Crippen LogP contribution >= 0.6 is 11.6 Å². The Morgan fingerprint density at radius 1 is 1.26 bits per heavy atom. The van der Waals surface area contributed by atoms with Gasteiger partial charge in [0.1, 0.15) is 12.2 Å². The molecule has 4 nitrogen and oxygen atoms in total. The highest BCUT2D eigenvalue weighted by Gasteiger charge is 2.13. The van der Waals surface area contributed by atoms with E-state index in [1.165, 1.54) is 5.56 Å². The van der Waals surface area contributed by atoms with Crippen molar-refractivity contribution in [2.75, 3.05) is 6.54 Å². The zero-order valence-electron chi connectivity index (χ0n) is 11.1. The van der Waals surface area contributed by atoms with Gasteiger partial charge in [-0.3, -0.25) is 4.68 Å². The van der Waals surface area contributed by atoms with E-state index in [0.29, 0.717) is 12.5 Å². The van der Waals surface area contributed by atoms with Crippen molar-refractivity contribution in [3.05, 3.63) is 47.0 Å². The third-order valence-corrected chi connectivity index (χ3v) is 3.49. The SMILES string of the molecule is CCn1ncnc1CC(CN)Cc1ccc(Cl)cc1. The molecular weight excluding hydrogens is 260 g/mol. The molecule has 1 atom stereocenters. The number of halogens is 1. The summed E-state index contributed by atoms with van der Waals surface area (Å²) in [5.41, 5.74) is 7.13. The van der Waals surface area contributed by atoms with Gasteiger partial charge in [-0.25, -0.2) is 4.98 Å². The van der Waals surface area contributed by atoms with Crippen molar-refractivity contribution in [3.8, 4) is 0 Å². The Kier molecular flexibility index (Phi) is 4.93. The molecule has 0 saturated heterocycles. The Balaban J connectivity index is 2.02. The minimum absolute atomic E-state index is 0.371. The molecule has 19 heavy (non-hydrogen) atoms. The largest absolute Gasteiger partial charge is 0.330 e. The van der Waals surface area contributed by atoms with Crippen LogP contribution in [-0.2, 0) is 19.4 Å². The van der Waals surface area contributed by atoms with Crippen LogP contribution in [0, 0.1) is 5.92 Å². The van der Waals surface area contributed by atoms with E-state index < -0.39 is 0 Å². The molecule has 2 N–H and O–H groups in total. The van der Waals surface area contributed by atoms with Crippen molar-refractivity contribution in [2.45, 2.75) is 26.3 Å². The number of benzene rings is 1. The van der Waals surface area contributed by atoms with E-state index in [2.05, 4.69) is 29.1 Å². The summed E-state index contributed by atoms with van der Waals surface area (Å²) in [5, 5.41) is 4.95. The van der Waals surface area contributed by atoms with Crippen molar-refractivity contribution in [3.63, 3.8) is 0 Å². The summed E-state index contributed by atoms with van der Waals surface area (Å²) in [7, 11) is 0. The molecule has 0 radical (unpaired) electrons. The predicted octanol–water partition coefficient (Wildman–Crippen LogP) is 2.31. The fourth-order valence-electron chi connectivity index (χ4n) is 2.16. The monoisotopic (exact) mass is 278 g/mol. The van der Waals surface area contributed by atoms with Crippen LogP contribution in [0.1, 0.15) is 18.3 Å².